The Morgan fingerprint density at radius 1 is 1.16 bits per heavy atom. The molecular formula is C25H29N3O3. The van der Waals surface area contributed by atoms with Crippen molar-refractivity contribution in [3.63, 3.8) is 0 Å². The van der Waals surface area contributed by atoms with Gasteiger partial charge in [-0.2, -0.15) is 5.10 Å². The van der Waals surface area contributed by atoms with E-state index in [1.807, 2.05) is 0 Å². The van der Waals surface area contributed by atoms with Crippen LogP contribution in [0, 0.1) is 22.7 Å². The molecular weight excluding hydrogens is 390 g/mol. The van der Waals surface area contributed by atoms with E-state index in [9.17, 15) is 14.7 Å². The third-order valence-electron chi connectivity index (χ3n) is 8.64. The number of carboxylic acid groups (broad SMARTS) is 1. The number of aromatic nitrogens is 2. The van der Waals surface area contributed by atoms with E-state index in [-0.39, 0.29) is 16.9 Å². The molecule has 1 aromatic heterocycles. The lowest BCUT2D eigenvalue weighted by atomic mass is 9.71. The van der Waals surface area contributed by atoms with Crippen LogP contribution < -0.4 is 5.32 Å². The average molecular weight is 420 g/mol. The lowest BCUT2D eigenvalue weighted by Gasteiger charge is -2.38. The van der Waals surface area contributed by atoms with Gasteiger partial charge in [0.15, 0.2) is 0 Å². The highest BCUT2D eigenvalue weighted by Gasteiger charge is 2.82. The molecule has 5 atom stereocenters. The maximum Gasteiger partial charge on any atom is 0.335 e. The standard InChI is InChI=1S/C25H29N3O3/c1-23(2,3)20-18(12-26-28(20)17-6-4-15(5-7-17)22(30)31)21(29)27-19-16-8-14-9-24(11-16)13-25(19,24)10-14/h4-7,12,14,16,19H,8-11,13H2,1-3H3,(H,27,29)(H,30,31). The van der Waals surface area contributed by atoms with Gasteiger partial charge in [0.05, 0.1) is 28.7 Å². The fourth-order valence-electron chi connectivity index (χ4n) is 7.73. The Kier molecular flexibility index (Phi) is 3.56. The van der Waals surface area contributed by atoms with Crippen LogP contribution in [0.25, 0.3) is 5.69 Å². The molecule has 2 N–H and O–H groups in total. The monoisotopic (exact) mass is 419 g/mol. The molecule has 1 aromatic carbocycles. The van der Waals surface area contributed by atoms with Gasteiger partial charge < -0.3 is 10.4 Å². The normalized spacial score (nSPS) is 34.6. The summed E-state index contributed by atoms with van der Waals surface area (Å²) in [5.41, 5.74) is 3.08. The smallest absolute Gasteiger partial charge is 0.335 e. The highest BCUT2D eigenvalue weighted by molar-refractivity contribution is 5.96. The number of carbonyl (C=O) groups is 2. The molecule has 0 radical (unpaired) electrons. The summed E-state index contributed by atoms with van der Waals surface area (Å²) in [5, 5.41) is 17.2. The van der Waals surface area contributed by atoms with Crippen molar-refractivity contribution in [1.82, 2.24) is 15.1 Å². The molecule has 0 aliphatic heterocycles. The zero-order valence-electron chi connectivity index (χ0n) is 18.3. The number of aromatic carboxylic acids is 1. The highest BCUT2D eigenvalue weighted by atomic mass is 16.4. The highest BCUT2D eigenvalue weighted by Crippen LogP contribution is 2.87. The second-order valence-corrected chi connectivity index (χ2v) is 11.5. The number of rotatable bonds is 4. The minimum Gasteiger partial charge on any atom is -0.478 e. The lowest BCUT2D eigenvalue weighted by molar-refractivity contribution is 0.0696. The molecule has 7 rings (SSSR count). The van der Waals surface area contributed by atoms with Gasteiger partial charge in [-0.1, -0.05) is 20.8 Å². The summed E-state index contributed by atoms with van der Waals surface area (Å²) < 4.78 is 1.78. The third kappa shape index (κ3) is 2.47. The van der Waals surface area contributed by atoms with Crippen molar-refractivity contribution >= 4 is 11.9 Å². The first-order chi connectivity index (χ1) is 14.6. The molecule has 5 saturated carbocycles. The van der Waals surface area contributed by atoms with Crippen molar-refractivity contribution in [2.24, 2.45) is 22.7 Å². The molecule has 4 bridgehead atoms. The van der Waals surface area contributed by atoms with Gasteiger partial charge in [-0.15, -0.1) is 0 Å². The van der Waals surface area contributed by atoms with E-state index in [0.717, 1.165) is 17.3 Å². The van der Waals surface area contributed by atoms with Crippen molar-refractivity contribution < 1.29 is 14.7 Å². The average Bonchev–Trinajstić information content (AvgIpc) is 2.99. The number of carboxylic acids is 1. The summed E-state index contributed by atoms with van der Waals surface area (Å²) in [4.78, 5) is 24.7. The van der Waals surface area contributed by atoms with Crippen molar-refractivity contribution in [1.29, 1.82) is 0 Å². The molecule has 31 heavy (non-hydrogen) atoms. The number of benzene rings is 1. The van der Waals surface area contributed by atoms with Crippen molar-refractivity contribution in [3.8, 4) is 5.69 Å². The molecule has 0 saturated heterocycles. The maximum absolute atomic E-state index is 13.5. The van der Waals surface area contributed by atoms with E-state index < -0.39 is 5.97 Å². The summed E-state index contributed by atoms with van der Waals surface area (Å²) in [6, 6.07) is 6.94. The zero-order valence-corrected chi connectivity index (χ0v) is 18.3. The number of nitrogens with zero attached hydrogens (tertiary/aromatic N) is 2. The SMILES string of the molecule is CC(C)(C)c1c(C(=O)NC2C3CC4CC5(C3)CC25C4)cnn1-c1ccc(C(=O)O)cc1. The number of carbonyl (C=O) groups excluding carboxylic acids is 1. The largest absolute Gasteiger partial charge is 0.478 e. The molecule has 162 valence electrons. The number of amides is 1. The first-order valence-corrected chi connectivity index (χ1v) is 11.4. The van der Waals surface area contributed by atoms with E-state index in [1.165, 1.54) is 32.1 Å². The van der Waals surface area contributed by atoms with E-state index in [1.54, 1.807) is 35.1 Å². The van der Waals surface area contributed by atoms with Gasteiger partial charge in [-0.25, -0.2) is 9.48 Å². The predicted molar refractivity (Wildman–Crippen MR) is 115 cm³/mol. The molecule has 5 aliphatic carbocycles. The van der Waals surface area contributed by atoms with Crippen LogP contribution in [0.4, 0.5) is 0 Å². The maximum atomic E-state index is 13.5. The summed E-state index contributed by atoms with van der Waals surface area (Å²) in [7, 11) is 0. The van der Waals surface area contributed by atoms with E-state index >= 15 is 0 Å². The minimum atomic E-state index is -0.958. The molecule has 1 heterocycles. The van der Waals surface area contributed by atoms with Crippen LogP contribution in [0.5, 0.6) is 0 Å². The third-order valence-corrected chi connectivity index (χ3v) is 8.64. The summed E-state index contributed by atoms with van der Waals surface area (Å²) in [6.45, 7) is 6.24. The van der Waals surface area contributed by atoms with Gasteiger partial charge in [-0.3, -0.25) is 4.79 Å². The van der Waals surface area contributed by atoms with Crippen molar-refractivity contribution in [2.45, 2.75) is 64.3 Å². The molecule has 6 heteroatoms. The Bertz CT molecular complexity index is 1110. The van der Waals surface area contributed by atoms with Crippen LogP contribution in [0.2, 0.25) is 0 Å². The van der Waals surface area contributed by atoms with Gasteiger partial charge >= 0.3 is 5.97 Å². The van der Waals surface area contributed by atoms with Gasteiger partial charge in [0.2, 0.25) is 0 Å². The van der Waals surface area contributed by atoms with Crippen LogP contribution in [0.15, 0.2) is 30.5 Å². The van der Waals surface area contributed by atoms with Gasteiger partial charge in [-0.05, 0) is 79.0 Å². The fraction of sp³-hybridized carbons (Fsp3) is 0.560. The molecule has 5 unspecified atom stereocenters. The van der Waals surface area contributed by atoms with E-state index in [0.29, 0.717) is 28.4 Å². The zero-order chi connectivity index (χ0) is 21.8. The second-order valence-electron chi connectivity index (χ2n) is 11.5. The van der Waals surface area contributed by atoms with Gasteiger partial charge in [0.1, 0.15) is 0 Å². The molecule has 1 amide bonds. The number of hydrogen-bond donors (Lipinski definition) is 2. The summed E-state index contributed by atoms with van der Waals surface area (Å²) in [5.74, 6) is 0.556. The fourth-order valence-corrected chi connectivity index (χ4v) is 7.73. The van der Waals surface area contributed by atoms with Crippen LogP contribution in [-0.4, -0.2) is 32.8 Å². The number of nitrogens with one attached hydrogen (secondary N) is 1. The van der Waals surface area contributed by atoms with Crippen molar-refractivity contribution in [2.75, 3.05) is 0 Å². The number of hydrogen-bond acceptors (Lipinski definition) is 3. The Balaban J connectivity index is 1.33. The quantitative estimate of drug-likeness (QED) is 0.779. The van der Waals surface area contributed by atoms with Crippen LogP contribution >= 0.6 is 0 Å². The molecule has 6 nitrogen and oxygen atoms in total. The summed E-state index contributed by atoms with van der Waals surface area (Å²) >= 11 is 0. The van der Waals surface area contributed by atoms with Crippen LogP contribution in [-0.2, 0) is 5.41 Å². The van der Waals surface area contributed by atoms with Crippen molar-refractivity contribution in [3.05, 3.63) is 47.3 Å². The van der Waals surface area contributed by atoms with Crippen LogP contribution in [0.1, 0.15) is 79.3 Å². The molecule has 5 aliphatic rings. The Morgan fingerprint density at radius 2 is 1.90 bits per heavy atom. The molecule has 2 spiro atoms. The van der Waals surface area contributed by atoms with Gasteiger partial charge in [0, 0.05) is 11.5 Å². The minimum absolute atomic E-state index is 0.0178. The molecule has 5 fully saturated rings. The Hall–Kier alpha value is -2.63. The molecule has 2 aromatic rings. The van der Waals surface area contributed by atoms with E-state index in [4.69, 9.17) is 0 Å². The first-order valence-electron chi connectivity index (χ1n) is 11.4. The summed E-state index contributed by atoms with van der Waals surface area (Å²) in [6.07, 6.45) is 8.24. The second kappa shape index (κ2) is 5.78. The van der Waals surface area contributed by atoms with E-state index in [2.05, 4.69) is 31.2 Å². The topological polar surface area (TPSA) is 84.2 Å². The van der Waals surface area contributed by atoms with Crippen LogP contribution in [0.3, 0.4) is 0 Å². The predicted octanol–water partition coefficient (Wildman–Crippen LogP) is 4.18. The Labute approximate surface area is 182 Å². The van der Waals surface area contributed by atoms with Gasteiger partial charge in [0.25, 0.3) is 5.91 Å². The first kappa shape index (κ1) is 19.1. The Morgan fingerprint density at radius 3 is 2.55 bits per heavy atom. The lowest BCUT2D eigenvalue weighted by Crippen LogP contribution is -2.47.